The van der Waals surface area contributed by atoms with Gasteiger partial charge in [0.2, 0.25) is 0 Å². The summed E-state index contributed by atoms with van der Waals surface area (Å²) in [5.41, 5.74) is -0.672. The third-order valence-corrected chi connectivity index (χ3v) is 4.98. The van der Waals surface area contributed by atoms with Gasteiger partial charge in [-0.1, -0.05) is 0 Å². The second-order valence-electron chi connectivity index (χ2n) is 7.14. The number of hydrogen-bond donors (Lipinski definition) is 2. The van der Waals surface area contributed by atoms with E-state index in [0.717, 1.165) is 30.3 Å². The number of benzene rings is 2. The van der Waals surface area contributed by atoms with Crippen LogP contribution in [0.15, 0.2) is 42.5 Å². The van der Waals surface area contributed by atoms with Gasteiger partial charge >= 0.3 is 12.1 Å². The fourth-order valence-corrected chi connectivity index (χ4v) is 3.37. The van der Waals surface area contributed by atoms with Crippen LogP contribution in [0.2, 0.25) is 0 Å². The van der Waals surface area contributed by atoms with E-state index in [2.05, 4.69) is 5.32 Å². The number of aliphatic carboxylic acids is 1. The van der Waals surface area contributed by atoms with Crippen LogP contribution >= 0.6 is 0 Å². The average molecular weight is 452 g/mol. The van der Waals surface area contributed by atoms with Crippen molar-refractivity contribution in [3.05, 3.63) is 63.7 Å². The van der Waals surface area contributed by atoms with Crippen molar-refractivity contribution < 1.29 is 32.8 Å². The van der Waals surface area contributed by atoms with Crippen molar-refractivity contribution in [1.29, 1.82) is 0 Å². The first kappa shape index (κ1) is 23.0. The van der Waals surface area contributed by atoms with E-state index in [4.69, 9.17) is 5.11 Å². The summed E-state index contributed by atoms with van der Waals surface area (Å²) in [6.07, 6.45) is -4.52. The number of carboxylic acid groups (broad SMARTS) is 1. The Morgan fingerprint density at radius 1 is 1.06 bits per heavy atom. The molecule has 0 saturated carbocycles. The molecule has 0 unspecified atom stereocenters. The Morgan fingerprint density at radius 2 is 1.69 bits per heavy atom. The lowest BCUT2D eigenvalue weighted by atomic mass is 10.1. The number of nitro benzene ring substituents is 1. The Hall–Kier alpha value is -3.67. The van der Waals surface area contributed by atoms with Crippen LogP contribution in [0, 0.1) is 10.1 Å². The Labute approximate surface area is 180 Å². The zero-order chi connectivity index (χ0) is 23.5. The molecular formula is C20H19F3N4O5. The standard InChI is InChI=1S/C20H19F3N4O5/c21-20(22,23)13-1-3-14(4-2-13)24-19(30)16-11-15(27(31)32)5-6-17(16)26-9-7-25(8-10-26)12-18(28)29/h1-6,11H,7-10,12H2,(H,24,30)(H,28,29). The van der Waals surface area contributed by atoms with Gasteiger partial charge in [0.25, 0.3) is 11.6 Å². The van der Waals surface area contributed by atoms with Crippen molar-refractivity contribution in [3.8, 4) is 0 Å². The quantitative estimate of drug-likeness (QED) is 0.511. The summed E-state index contributed by atoms with van der Waals surface area (Å²) in [4.78, 5) is 37.8. The highest BCUT2D eigenvalue weighted by atomic mass is 19.4. The summed E-state index contributed by atoms with van der Waals surface area (Å²) in [7, 11) is 0. The fraction of sp³-hybridized carbons (Fsp3) is 0.300. The largest absolute Gasteiger partial charge is 0.480 e. The topological polar surface area (TPSA) is 116 Å². The molecule has 2 aromatic carbocycles. The summed E-state index contributed by atoms with van der Waals surface area (Å²) in [5.74, 6) is -1.66. The van der Waals surface area contributed by atoms with Crippen LogP contribution < -0.4 is 10.2 Å². The molecule has 0 atom stereocenters. The van der Waals surface area contributed by atoms with Gasteiger partial charge in [-0.25, -0.2) is 0 Å². The highest BCUT2D eigenvalue weighted by molar-refractivity contribution is 6.08. The van der Waals surface area contributed by atoms with E-state index in [1.807, 2.05) is 4.90 Å². The first-order valence-electron chi connectivity index (χ1n) is 9.51. The van der Waals surface area contributed by atoms with Crippen molar-refractivity contribution in [3.63, 3.8) is 0 Å². The fourth-order valence-electron chi connectivity index (χ4n) is 3.37. The minimum absolute atomic E-state index is 0.00853. The monoisotopic (exact) mass is 452 g/mol. The van der Waals surface area contributed by atoms with E-state index in [1.54, 1.807) is 4.90 Å². The molecular weight excluding hydrogens is 433 g/mol. The van der Waals surface area contributed by atoms with Gasteiger partial charge in [0.05, 0.1) is 28.3 Å². The first-order chi connectivity index (χ1) is 15.0. The number of anilines is 2. The molecule has 1 aliphatic rings. The van der Waals surface area contributed by atoms with Gasteiger partial charge in [-0.15, -0.1) is 0 Å². The van der Waals surface area contributed by atoms with Crippen molar-refractivity contribution >= 4 is 28.9 Å². The molecule has 1 aliphatic heterocycles. The smallest absolute Gasteiger partial charge is 0.416 e. The molecule has 9 nitrogen and oxygen atoms in total. The molecule has 1 amide bonds. The number of nitrogens with one attached hydrogen (secondary N) is 1. The minimum Gasteiger partial charge on any atom is -0.480 e. The number of hydrogen-bond acceptors (Lipinski definition) is 6. The molecule has 2 N–H and O–H groups in total. The third-order valence-electron chi connectivity index (χ3n) is 4.98. The summed E-state index contributed by atoms with van der Waals surface area (Å²) >= 11 is 0. The molecule has 170 valence electrons. The predicted octanol–water partition coefficient (Wildman–Crippen LogP) is 3.07. The number of carboxylic acids is 1. The normalized spacial score (nSPS) is 14.8. The average Bonchev–Trinajstić information content (AvgIpc) is 2.73. The summed E-state index contributed by atoms with van der Waals surface area (Å²) in [6, 6.07) is 7.65. The number of piperazine rings is 1. The SMILES string of the molecule is O=C(O)CN1CCN(c2ccc([N+](=O)[O-])cc2C(=O)Nc2ccc(C(F)(F)F)cc2)CC1. The lowest BCUT2D eigenvalue weighted by Crippen LogP contribution is -2.48. The van der Waals surface area contributed by atoms with Crippen molar-refractivity contribution in [2.24, 2.45) is 0 Å². The highest BCUT2D eigenvalue weighted by Gasteiger charge is 2.30. The molecule has 0 aromatic heterocycles. The number of carbonyl (C=O) groups is 2. The molecule has 0 aliphatic carbocycles. The van der Waals surface area contributed by atoms with E-state index >= 15 is 0 Å². The van der Waals surface area contributed by atoms with Crippen LogP contribution in [0.25, 0.3) is 0 Å². The highest BCUT2D eigenvalue weighted by Crippen LogP contribution is 2.31. The minimum atomic E-state index is -4.52. The Balaban J connectivity index is 1.82. The van der Waals surface area contributed by atoms with E-state index in [-0.39, 0.29) is 23.5 Å². The van der Waals surface area contributed by atoms with Gasteiger partial charge in [-0.3, -0.25) is 24.6 Å². The molecule has 1 saturated heterocycles. The molecule has 32 heavy (non-hydrogen) atoms. The zero-order valence-corrected chi connectivity index (χ0v) is 16.6. The number of nitro groups is 1. The number of nitrogens with zero attached hydrogens (tertiary/aromatic N) is 3. The second kappa shape index (κ2) is 9.22. The molecule has 0 spiro atoms. The first-order valence-corrected chi connectivity index (χ1v) is 9.51. The van der Waals surface area contributed by atoms with Crippen LogP contribution in [0.3, 0.4) is 0 Å². The maximum atomic E-state index is 12.9. The van der Waals surface area contributed by atoms with Crippen LogP contribution in [0.1, 0.15) is 15.9 Å². The van der Waals surface area contributed by atoms with Gasteiger partial charge in [-0.05, 0) is 30.3 Å². The maximum Gasteiger partial charge on any atom is 0.416 e. The Kier molecular flexibility index (Phi) is 6.63. The van der Waals surface area contributed by atoms with Crippen molar-refractivity contribution in [1.82, 2.24) is 4.90 Å². The number of rotatable bonds is 6. The van der Waals surface area contributed by atoms with Crippen LogP contribution in [0.5, 0.6) is 0 Å². The van der Waals surface area contributed by atoms with E-state index < -0.39 is 28.5 Å². The summed E-state index contributed by atoms with van der Waals surface area (Å²) < 4.78 is 38.2. The molecule has 1 heterocycles. The molecule has 0 radical (unpaired) electrons. The number of halogens is 3. The van der Waals surface area contributed by atoms with E-state index in [0.29, 0.717) is 31.9 Å². The van der Waals surface area contributed by atoms with E-state index in [1.165, 1.54) is 12.1 Å². The Bertz CT molecular complexity index is 1020. The van der Waals surface area contributed by atoms with Crippen molar-refractivity contribution in [2.75, 3.05) is 42.9 Å². The van der Waals surface area contributed by atoms with E-state index in [9.17, 15) is 32.9 Å². The van der Waals surface area contributed by atoms with Crippen LogP contribution in [-0.2, 0) is 11.0 Å². The molecule has 12 heteroatoms. The number of carbonyl (C=O) groups excluding carboxylic acids is 1. The van der Waals surface area contributed by atoms with Gasteiger partial charge < -0.3 is 15.3 Å². The molecule has 0 bridgehead atoms. The third kappa shape index (κ3) is 5.52. The van der Waals surface area contributed by atoms with Gasteiger partial charge in [0.1, 0.15) is 0 Å². The van der Waals surface area contributed by atoms with Crippen LogP contribution in [-0.4, -0.2) is 59.5 Å². The van der Waals surface area contributed by atoms with Crippen LogP contribution in [0.4, 0.5) is 30.2 Å². The zero-order valence-electron chi connectivity index (χ0n) is 16.6. The number of alkyl halides is 3. The Morgan fingerprint density at radius 3 is 2.22 bits per heavy atom. The molecule has 2 aromatic rings. The molecule has 3 rings (SSSR count). The van der Waals surface area contributed by atoms with Gasteiger partial charge in [0, 0.05) is 44.0 Å². The summed E-state index contributed by atoms with van der Waals surface area (Å²) in [5, 5.41) is 22.6. The number of non-ortho nitro benzene ring substituents is 1. The lowest BCUT2D eigenvalue weighted by Gasteiger charge is -2.36. The maximum absolute atomic E-state index is 12.9. The number of amides is 1. The predicted molar refractivity (Wildman–Crippen MR) is 109 cm³/mol. The van der Waals surface area contributed by atoms with Gasteiger partial charge in [0.15, 0.2) is 0 Å². The van der Waals surface area contributed by atoms with Crippen molar-refractivity contribution in [2.45, 2.75) is 6.18 Å². The molecule has 1 fully saturated rings. The van der Waals surface area contributed by atoms with Gasteiger partial charge in [-0.2, -0.15) is 13.2 Å². The lowest BCUT2D eigenvalue weighted by molar-refractivity contribution is -0.384. The second-order valence-corrected chi connectivity index (χ2v) is 7.14. The summed E-state index contributed by atoms with van der Waals surface area (Å²) in [6.45, 7) is 1.51.